The van der Waals surface area contributed by atoms with Gasteiger partial charge in [0.15, 0.2) is 5.82 Å². The van der Waals surface area contributed by atoms with E-state index in [0.29, 0.717) is 0 Å². The summed E-state index contributed by atoms with van der Waals surface area (Å²) in [6, 6.07) is 66.4. The minimum atomic E-state index is -0.124. The fourth-order valence-electron chi connectivity index (χ4n) is 9.67. The minimum absolute atomic E-state index is 0.124. The monoisotopic (exact) mass is 756 g/mol. The van der Waals surface area contributed by atoms with Crippen molar-refractivity contribution in [3.63, 3.8) is 0 Å². The maximum Gasteiger partial charge on any atom is 0.161 e. The molecule has 0 atom stereocenters. The first-order valence-electron chi connectivity index (χ1n) is 20.0. The number of benzene rings is 9. The van der Waals surface area contributed by atoms with E-state index in [4.69, 9.17) is 9.97 Å². The molecule has 0 radical (unpaired) electrons. The van der Waals surface area contributed by atoms with E-state index in [1.807, 2.05) is 11.3 Å². The number of hydrogen-bond acceptors (Lipinski definition) is 3. The lowest BCUT2D eigenvalue weighted by Gasteiger charge is -2.21. The van der Waals surface area contributed by atoms with Crippen LogP contribution in [0, 0.1) is 0 Å². The van der Waals surface area contributed by atoms with E-state index < -0.39 is 0 Å². The first-order valence-corrected chi connectivity index (χ1v) is 20.8. The van der Waals surface area contributed by atoms with Crippen LogP contribution in [0.3, 0.4) is 0 Å². The molecule has 0 N–H and O–H groups in total. The van der Waals surface area contributed by atoms with E-state index >= 15 is 0 Å². The molecule has 0 fully saturated rings. The average Bonchev–Trinajstić information content (AvgIpc) is 3.77. The summed E-state index contributed by atoms with van der Waals surface area (Å²) in [6.07, 6.45) is 0. The summed E-state index contributed by atoms with van der Waals surface area (Å²) in [5.41, 5.74) is 12.6. The molecule has 0 aliphatic heterocycles. The predicted octanol–water partition coefficient (Wildman–Crippen LogP) is 15.3. The second-order valence-corrected chi connectivity index (χ2v) is 17.1. The molecule has 0 unspecified atom stereocenters. The molecule has 12 rings (SSSR count). The summed E-state index contributed by atoms with van der Waals surface area (Å²) >= 11 is 1.87. The van der Waals surface area contributed by atoms with E-state index in [0.717, 1.165) is 44.7 Å². The molecule has 11 aromatic rings. The summed E-state index contributed by atoms with van der Waals surface area (Å²) < 4.78 is 2.63. The molecule has 9 aromatic carbocycles. The molecule has 0 saturated heterocycles. The number of rotatable bonds is 4. The van der Waals surface area contributed by atoms with Gasteiger partial charge in [-0.3, -0.25) is 0 Å². The summed E-state index contributed by atoms with van der Waals surface area (Å²) in [5, 5.41) is 9.75. The van der Waals surface area contributed by atoms with Crippen LogP contribution in [0.5, 0.6) is 0 Å². The van der Waals surface area contributed by atoms with Gasteiger partial charge in [0.05, 0.1) is 11.4 Å². The van der Waals surface area contributed by atoms with Crippen molar-refractivity contribution in [2.75, 3.05) is 0 Å². The van der Waals surface area contributed by atoms with Crippen molar-refractivity contribution in [3.8, 4) is 56.2 Å². The van der Waals surface area contributed by atoms with Gasteiger partial charge in [-0.1, -0.05) is 178 Å². The largest absolute Gasteiger partial charge is 0.228 e. The van der Waals surface area contributed by atoms with Gasteiger partial charge < -0.3 is 0 Å². The predicted molar refractivity (Wildman–Crippen MR) is 247 cm³/mol. The second kappa shape index (κ2) is 12.5. The molecule has 0 saturated carbocycles. The van der Waals surface area contributed by atoms with Crippen LogP contribution in [0.4, 0.5) is 0 Å². The normalized spacial score (nSPS) is 13.1. The molecule has 272 valence electrons. The molecule has 1 aliphatic carbocycles. The van der Waals surface area contributed by atoms with Crippen molar-refractivity contribution < 1.29 is 0 Å². The zero-order valence-electron chi connectivity index (χ0n) is 32.1. The number of aromatic nitrogens is 2. The van der Waals surface area contributed by atoms with Crippen LogP contribution in [0.25, 0.3) is 109 Å². The van der Waals surface area contributed by atoms with Gasteiger partial charge in [0, 0.05) is 42.3 Å². The number of nitrogens with zero attached hydrogens (tertiary/aromatic N) is 2. The summed E-state index contributed by atoms with van der Waals surface area (Å²) in [7, 11) is 0. The van der Waals surface area contributed by atoms with Crippen LogP contribution in [0.1, 0.15) is 25.0 Å². The molecule has 0 spiro atoms. The van der Waals surface area contributed by atoms with Gasteiger partial charge in [0.1, 0.15) is 0 Å². The lowest BCUT2D eigenvalue weighted by Crippen LogP contribution is -2.14. The van der Waals surface area contributed by atoms with E-state index in [1.165, 1.54) is 75.1 Å². The second-order valence-electron chi connectivity index (χ2n) is 16.1. The van der Waals surface area contributed by atoms with Gasteiger partial charge in [0.25, 0.3) is 0 Å². The molecular formula is C55H36N2S. The number of hydrogen-bond donors (Lipinski definition) is 0. The SMILES string of the molecule is CC1(C)c2ccccc2-c2c(-c3cc(-c4ccc(-c5cccc6c5sc5ccccc56)cc4)nc(-c4c5ccccc5cc5c4ccc4ccccc45)n3)cccc21. The van der Waals surface area contributed by atoms with E-state index in [-0.39, 0.29) is 5.41 Å². The maximum absolute atomic E-state index is 5.59. The number of fused-ring (bicyclic) bond motifs is 10. The Labute approximate surface area is 340 Å². The molecule has 2 heterocycles. The highest BCUT2D eigenvalue weighted by Gasteiger charge is 2.37. The Bertz CT molecular complexity index is 3480. The highest BCUT2D eigenvalue weighted by atomic mass is 32.1. The lowest BCUT2D eigenvalue weighted by atomic mass is 9.82. The van der Waals surface area contributed by atoms with Crippen LogP contribution >= 0.6 is 11.3 Å². The molecule has 2 nitrogen and oxygen atoms in total. The number of thiophene rings is 1. The first kappa shape index (κ1) is 33.2. The highest BCUT2D eigenvalue weighted by Crippen LogP contribution is 2.52. The van der Waals surface area contributed by atoms with Crippen LogP contribution in [0.15, 0.2) is 182 Å². The quantitative estimate of drug-likeness (QED) is 0.132. The first-order chi connectivity index (χ1) is 28.5. The van der Waals surface area contributed by atoms with Gasteiger partial charge >= 0.3 is 0 Å². The Balaban J connectivity index is 1.11. The van der Waals surface area contributed by atoms with Crippen molar-refractivity contribution in [1.29, 1.82) is 0 Å². The highest BCUT2D eigenvalue weighted by molar-refractivity contribution is 7.26. The van der Waals surface area contributed by atoms with Crippen molar-refractivity contribution in [2.24, 2.45) is 0 Å². The third kappa shape index (κ3) is 4.90. The molecule has 1 aliphatic rings. The topological polar surface area (TPSA) is 25.8 Å². The summed E-state index contributed by atoms with van der Waals surface area (Å²) in [5.74, 6) is 0.729. The van der Waals surface area contributed by atoms with Crippen molar-refractivity contribution in [2.45, 2.75) is 19.3 Å². The van der Waals surface area contributed by atoms with Gasteiger partial charge in [-0.15, -0.1) is 11.3 Å². The molecule has 0 bridgehead atoms. The Morgan fingerprint density at radius 3 is 1.91 bits per heavy atom. The molecule has 58 heavy (non-hydrogen) atoms. The third-order valence-corrected chi connectivity index (χ3v) is 13.7. The third-order valence-electron chi connectivity index (χ3n) is 12.5. The lowest BCUT2D eigenvalue weighted by molar-refractivity contribution is 0.660. The maximum atomic E-state index is 5.59. The van der Waals surface area contributed by atoms with E-state index in [9.17, 15) is 0 Å². The van der Waals surface area contributed by atoms with Gasteiger partial charge in [-0.2, -0.15) is 0 Å². The zero-order chi connectivity index (χ0) is 38.5. The Hall–Kier alpha value is -6.94. The van der Waals surface area contributed by atoms with Crippen LogP contribution < -0.4 is 0 Å². The molecule has 0 amide bonds. The average molecular weight is 757 g/mol. The fourth-order valence-corrected chi connectivity index (χ4v) is 10.9. The van der Waals surface area contributed by atoms with Crippen LogP contribution in [-0.2, 0) is 5.41 Å². The van der Waals surface area contributed by atoms with E-state index in [2.05, 4.69) is 196 Å². The zero-order valence-corrected chi connectivity index (χ0v) is 32.9. The summed E-state index contributed by atoms with van der Waals surface area (Å²) in [4.78, 5) is 11.1. The fraction of sp³-hybridized carbons (Fsp3) is 0.0545. The van der Waals surface area contributed by atoms with E-state index in [1.54, 1.807) is 0 Å². The Morgan fingerprint density at radius 2 is 1.03 bits per heavy atom. The Kier molecular flexibility index (Phi) is 7.18. The Morgan fingerprint density at radius 1 is 0.397 bits per heavy atom. The van der Waals surface area contributed by atoms with Crippen molar-refractivity contribution in [3.05, 3.63) is 193 Å². The standard InChI is InChI=1S/C55H36N2S/c1-55(2)46-22-9-7-18-43(46)51-44(21-12-23-47(51)55)49-32-48(35-27-25-34(26-28-35)39-19-11-20-42-40-17-8-10-24-50(40)58-53(39)42)56-54(57-49)52-38-16-6-4-14-36(38)31-45-37-15-5-3-13-33(37)29-30-41(45)52/h3-32H,1-2H3. The van der Waals surface area contributed by atoms with Gasteiger partial charge in [-0.05, 0) is 83.9 Å². The van der Waals surface area contributed by atoms with Crippen molar-refractivity contribution >= 4 is 63.8 Å². The molecular weight excluding hydrogens is 721 g/mol. The van der Waals surface area contributed by atoms with Gasteiger partial charge in [-0.25, -0.2) is 9.97 Å². The van der Waals surface area contributed by atoms with Gasteiger partial charge in [0.2, 0.25) is 0 Å². The summed E-state index contributed by atoms with van der Waals surface area (Å²) in [6.45, 7) is 4.68. The van der Waals surface area contributed by atoms with Crippen molar-refractivity contribution in [1.82, 2.24) is 9.97 Å². The minimum Gasteiger partial charge on any atom is -0.228 e. The molecule has 2 aromatic heterocycles. The van der Waals surface area contributed by atoms with Crippen LogP contribution in [0.2, 0.25) is 0 Å². The smallest absolute Gasteiger partial charge is 0.161 e. The van der Waals surface area contributed by atoms with Crippen LogP contribution in [-0.4, -0.2) is 9.97 Å². The molecule has 3 heteroatoms.